The van der Waals surface area contributed by atoms with E-state index in [1.165, 1.54) is 12.1 Å². The van der Waals surface area contributed by atoms with E-state index < -0.39 is 36.3 Å². The number of rotatable bonds is 3. The topological polar surface area (TPSA) is 49.4 Å². The third-order valence-electron chi connectivity index (χ3n) is 3.34. The van der Waals surface area contributed by atoms with Crippen LogP contribution in [0.2, 0.25) is 0 Å². The van der Waals surface area contributed by atoms with E-state index in [9.17, 15) is 27.2 Å². The Bertz CT molecular complexity index is 601. The highest BCUT2D eigenvalue weighted by atomic mass is 19.4. The van der Waals surface area contributed by atoms with E-state index in [1.807, 2.05) is 0 Å². The molecule has 0 aliphatic carbocycles. The van der Waals surface area contributed by atoms with Gasteiger partial charge in [-0.2, -0.15) is 13.2 Å². The number of likely N-dealkylation sites (tertiary alicyclic amines) is 1. The quantitative estimate of drug-likeness (QED) is 0.871. The van der Waals surface area contributed by atoms with Gasteiger partial charge in [0.25, 0.3) is 0 Å². The molecule has 1 aromatic carbocycles. The van der Waals surface area contributed by atoms with E-state index in [2.05, 4.69) is 5.32 Å². The number of hydrogen-bond acceptors (Lipinski definition) is 2. The van der Waals surface area contributed by atoms with Crippen LogP contribution in [-0.4, -0.2) is 36.0 Å². The van der Waals surface area contributed by atoms with Crippen molar-refractivity contribution in [2.45, 2.75) is 19.5 Å². The molecule has 1 N–H and O–H groups in total. The van der Waals surface area contributed by atoms with E-state index in [1.54, 1.807) is 13.0 Å². The number of carbonyl (C=O) groups is 2. The van der Waals surface area contributed by atoms with Crippen LogP contribution in [0.4, 0.5) is 23.2 Å². The van der Waals surface area contributed by atoms with Crippen molar-refractivity contribution < 1.29 is 27.2 Å². The molecule has 22 heavy (non-hydrogen) atoms. The van der Waals surface area contributed by atoms with Crippen LogP contribution in [0.1, 0.15) is 12.0 Å². The molecule has 0 radical (unpaired) electrons. The summed E-state index contributed by atoms with van der Waals surface area (Å²) in [5, 5.41) is 2.31. The van der Waals surface area contributed by atoms with Crippen molar-refractivity contribution in [2.75, 3.05) is 18.4 Å². The molecule has 2 rings (SSSR count). The molecule has 1 aliphatic heterocycles. The summed E-state index contributed by atoms with van der Waals surface area (Å²) in [7, 11) is 0. The highest BCUT2D eigenvalue weighted by Crippen LogP contribution is 2.25. The summed E-state index contributed by atoms with van der Waals surface area (Å²) in [4.78, 5) is 24.1. The van der Waals surface area contributed by atoms with Gasteiger partial charge in [0.1, 0.15) is 12.4 Å². The summed E-state index contributed by atoms with van der Waals surface area (Å²) in [5.74, 6) is -2.96. The first-order valence-electron chi connectivity index (χ1n) is 6.57. The number of halogens is 4. The van der Waals surface area contributed by atoms with Gasteiger partial charge in [-0.1, -0.05) is 6.07 Å². The SMILES string of the molecule is Cc1ccc(NC(=O)[C@@H]2CC(=O)N(CC(F)(F)F)C2)c(F)c1. The first-order valence-corrected chi connectivity index (χ1v) is 6.57. The zero-order chi connectivity index (χ0) is 16.5. The lowest BCUT2D eigenvalue weighted by Crippen LogP contribution is -2.36. The predicted octanol–water partition coefficient (Wildman–Crippen LogP) is 2.48. The third kappa shape index (κ3) is 3.96. The van der Waals surface area contributed by atoms with E-state index in [0.717, 1.165) is 0 Å². The highest BCUT2D eigenvalue weighted by Gasteiger charge is 2.40. The molecule has 8 heteroatoms. The van der Waals surface area contributed by atoms with Gasteiger partial charge in [0, 0.05) is 13.0 Å². The van der Waals surface area contributed by atoms with Crippen LogP contribution >= 0.6 is 0 Å². The average Bonchev–Trinajstić information content (AvgIpc) is 2.72. The van der Waals surface area contributed by atoms with Gasteiger partial charge in [-0.3, -0.25) is 9.59 Å². The monoisotopic (exact) mass is 318 g/mol. The Morgan fingerprint density at radius 1 is 1.41 bits per heavy atom. The minimum absolute atomic E-state index is 0.0580. The molecule has 120 valence electrons. The predicted molar refractivity (Wildman–Crippen MR) is 70.5 cm³/mol. The standard InChI is InChI=1S/C14H14F4N2O2/c1-8-2-3-11(10(15)4-8)19-13(22)9-5-12(21)20(6-9)7-14(16,17)18/h2-4,9H,5-7H2,1H3,(H,19,22)/t9-/m1/s1. The van der Waals surface area contributed by atoms with Crippen molar-refractivity contribution in [1.29, 1.82) is 0 Å². The molecule has 4 nitrogen and oxygen atoms in total. The normalized spacial score (nSPS) is 18.7. The Morgan fingerprint density at radius 3 is 2.68 bits per heavy atom. The average molecular weight is 318 g/mol. The van der Waals surface area contributed by atoms with E-state index in [-0.39, 0.29) is 18.7 Å². The van der Waals surface area contributed by atoms with Crippen molar-refractivity contribution in [2.24, 2.45) is 5.92 Å². The maximum atomic E-state index is 13.6. The smallest absolute Gasteiger partial charge is 0.333 e. The minimum atomic E-state index is -4.51. The Balaban J connectivity index is 2.01. The van der Waals surface area contributed by atoms with Crippen molar-refractivity contribution in [3.63, 3.8) is 0 Å². The zero-order valence-corrected chi connectivity index (χ0v) is 11.7. The second-order valence-corrected chi connectivity index (χ2v) is 5.26. The zero-order valence-electron chi connectivity index (χ0n) is 11.7. The second kappa shape index (κ2) is 5.94. The summed E-state index contributed by atoms with van der Waals surface area (Å²) in [6.45, 7) is -0.0223. The van der Waals surface area contributed by atoms with Gasteiger partial charge in [0.15, 0.2) is 0 Å². The van der Waals surface area contributed by atoms with Gasteiger partial charge >= 0.3 is 6.18 Å². The molecule has 1 aromatic rings. The van der Waals surface area contributed by atoms with Crippen LogP contribution < -0.4 is 5.32 Å². The van der Waals surface area contributed by atoms with Crippen LogP contribution in [0.3, 0.4) is 0 Å². The Labute approximate surface area is 124 Å². The maximum Gasteiger partial charge on any atom is 0.406 e. The number of benzene rings is 1. The van der Waals surface area contributed by atoms with E-state index in [4.69, 9.17) is 0 Å². The van der Waals surface area contributed by atoms with Gasteiger partial charge in [0.2, 0.25) is 11.8 Å². The Hall–Kier alpha value is -2.12. The van der Waals surface area contributed by atoms with Crippen molar-refractivity contribution in [1.82, 2.24) is 4.90 Å². The second-order valence-electron chi connectivity index (χ2n) is 5.26. The van der Waals surface area contributed by atoms with Crippen LogP contribution in [-0.2, 0) is 9.59 Å². The lowest BCUT2D eigenvalue weighted by Gasteiger charge is -2.18. The molecular weight excluding hydrogens is 304 g/mol. The summed E-state index contributed by atoms with van der Waals surface area (Å²) in [6, 6.07) is 4.19. The highest BCUT2D eigenvalue weighted by molar-refractivity contribution is 5.97. The van der Waals surface area contributed by atoms with Crippen LogP contribution in [0.5, 0.6) is 0 Å². The molecule has 0 aromatic heterocycles. The summed E-state index contributed by atoms with van der Waals surface area (Å²) in [6.07, 6.45) is -4.82. The lowest BCUT2D eigenvalue weighted by molar-refractivity contribution is -0.157. The first kappa shape index (κ1) is 16.3. The largest absolute Gasteiger partial charge is 0.406 e. The number of nitrogens with one attached hydrogen (secondary N) is 1. The maximum absolute atomic E-state index is 13.6. The van der Waals surface area contributed by atoms with Crippen LogP contribution in [0, 0.1) is 18.7 Å². The van der Waals surface area contributed by atoms with E-state index >= 15 is 0 Å². The van der Waals surface area contributed by atoms with E-state index in [0.29, 0.717) is 10.5 Å². The Morgan fingerprint density at radius 2 is 2.09 bits per heavy atom. The molecule has 2 amide bonds. The number of hydrogen-bond donors (Lipinski definition) is 1. The minimum Gasteiger partial charge on any atom is -0.333 e. The number of amides is 2. The molecular formula is C14H14F4N2O2. The summed E-state index contributed by atoms with van der Waals surface area (Å²) < 4.78 is 50.5. The fourth-order valence-electron chi connectivity index (χ4n) is 2.27. The van der Waals surface area contributed by atoms with Gasteiger partial charge in [-0.25, -0.2) is 4.39 Å². The molecule has 1 heterocycles. The van der Waals surface area contributed by atoms with Crippen LogP contribution in [0.15, 0.2) is 18.2 Å². The number of carbonyl (C=O) groups excluding carboxylic acids is 2. The summed E-state index contributed by atoms with van der Waals surface area (Å²) >= 11 is 0. The Kier molecular flexibility index (Phi) is 4.39. The number of alkyl halides is 3. The molecule has 0 unspecified atom stereocenters. The van der Waals surface area contributed by atoms with Crippen molar-refractivity contribution >= 4 is 17.5 Å². The lowest BCUT2D eigenvalue weighted by atomic mass is 10.1. The first-order chi connectivity index (χ1) is 10.2. The molecule has 1 saturated heterocycles. The van der Waals surface area contributed by atoms with Crippen molar-refractivity contribution in [3.05, 3.63) is 29.6 Å². The van der Waals surface area contributed by atoms with Gasteiger partial charge < -0.3 is 10.2 Å². The molecule has 0 saturated carbocycles. The van der Waals surface area contributed by atoms with Crippen LogP contribution in [0.25, 0.3) is 0 Å². The number of anilines is 1. The molecule has 1 fully saturated rings. The molecule has 1 atom stereocenters. The number of aryl methyl sites for hydroxylation is 1. The van der Waals surface area contributed by atoms with Gasteiger partial charge in [-0.15, -0.1) is 0 Å². The molecule has 0 bridgehead atoms. The van der Waals surface area contributed by atoms with Gasteiger partial charge in [0.05, 0.1) is 11.6 Å². The van der Waals surface area contributed by atoms with Crippen molar-refractivity contribution in [3.8, 4) is 0 Å². The molecule has 0 spiro atoms. The molecule has 1 aliphatic rings. The number of nitrogens with zero attached hydrogens (tertiary/aromatic N) is 1. The third-order valence-corrected chi connectivity index (χ3v) is 3.34. The fourth-order valence-corrected chi connectivity index (χ4v) is 2.27. The van der Waals surface area contributed by atoms with Gasteiger partial charge in [-0.05, 0) is 24.6 Å². The fraction of sp³-hybridized carbons (Fsp3) is 0.429. The summed E-state index contributed by atoms with van der Waals surface area (Å²) in [5.41, 5.74) is 0.611.